The highest BCUT2D eigenvalue weighted by atomic mass is 16.5. The monoisotopic (exact) mass is 423 g/mol. The molecule has 6 heteroatoms. The molecular formula is C25H29NO5. The molecule has 0 aromatic heterocycles. The molecule has 0 saturated carbocycles. The summed E-state index contributed by atoms with van der Waals surface area (Å²) in [6.07, 6.45) is 1.34. The second-order valence-electron chi connectivity index (χ2n) is 8.70. The van der Waals surface area contributed by atoms with Crippen LogP contribution in [-0.2, 0) is 22.4 Å². The summed E-state index contributed by atoms with van der Waals surface area (Å²) < 4.78 is 16.8. The molecule has 2 atom stereocenters. The van der Waals surface area contributed by atoms with Gasteiger partial charge in [0.05, 0.1) is 19.6 Å². The second-order valence-corrected chi connectivity index (χ2v) is 8.70. The highest BCUT2D eigenvalue weighted by Gasteiger charge is 2.49. The van der Waals surface area contributed by atoms with Gasteiger partial charge in [0.1, 0.15) is 11.9 Å². The predicted octanol–water partition coefficient (Wildman–Crippen LogP) is 4.00. The molecule has 0 spiro atoms. The fourth-order valence-corrected chi connectivity index (χ4v) is 4.87. The van der Waals surface area contributed by atoms with Gasteiger partial charge >= 0.3 is 6.09 Å². The van der Waals surface area contributed by atoms with Crippen molar-refractivity contribution in [1.29, 1.82) is 0 Å². The Balaban J connectivity index is 1.62. The summed E-state index contributed by atoms with van der Waals surface area (Å²) in [6, 6.07) is 14.2. The number of likely N-dealkylation sites (tertiary alicyclic amines) is 1. The summed E-state index contributed by atoms with van der Waals surface area (Å²) in [7, 11) is 2.99. The van der Waals surface area contributed by atoms with Crippen molar-refractivity contribution in [1.82, 2.24) is 4.90 Å². The average Bonchev–Trinajstić information content (AvgIpc) is 3.34. The van der Waals surface area contributed by atoms with Crippen molar-refractivity contribution in [2.24, 2.45) is 5.41 Å². The van der Waals surface area contributed by atoms with E-state index in [1.807, 2.05) is 25.1 Å². The van der Waals surface area contributed by atoms with Crippen molar-refractivity contribution in [3.05, 3.63) is 59.2 Å². The van der Waals surface area contributed by atoms with Crippen LogP contribution < -0.4 is 9.47 Å². The number of carbonyl (C=O) groups is 2. The minimum Gasteiger partial charge on any atom is -0.493 e. The third kappa shape index (κ3) is 3.87. The molecule has 164 valence electrons. The molecule has 2 unspecified atom stereocenters. The first kappa shape index (κ1) is 21.2. The normalized spacial score (nSPS) is 22.8. The first-order valence-corrected chi connectivity index (χ1v) is 10.6. The maximum Gasteiger partial charge on any atom is 0.409 e. The van der Waals surface area contributed by atoms with E-state index in [0.717, 1.165) is 18.4 Å². The molecule has 31 heavy (non-hydrogen) atoms. The Morgan fingerprint density at radius 3 is 2.29 bits per heavy atom. The Morgan fingerprint density at radius 2 is 1.71 bits per heavy atom. The molecule has 2 aromatic carbocycles. The largest absolute Gasteiger partial charge is 0.493 e. The van der Waals surface area contributed by atoms with E-state index >= 15 is 0 Å². The minimum absolute atomic E-state index is 0.0379. The van der Waals surface area contributed by atoms with Gasteiger partial charge in [-0.05, 0) is 35.7 Å². The van der Waals surface area contributed by atoms with Crippen LogP contribution in [0.2, 0.25) is 0 Å². The van der Waals surface area contributed by atoms with E-state index in [9.17, 15) is 9.59 Å². The van der Waals surface area contributed by atoms with Gasteiger partial charge in [-0.1, -0.05) is 37.3 Å². The van der Waals surface area contributed by atoms with Crippen molar-refractivity contribution >= 4 is 11.9 Å². The second kappa shape index (κ2) is 8.25. The maximum absolute atomic E-state index is 12.6. The van der Waals surface area contributed by atoms with Crippen molar-refractivity contribution in [3.63, 3.8) is 0 Å². The molecule has 0 bridgehead atoms. The number of ether oxygens (including phenoxy) is 3. The molecule has 1 aliphatic heterocycles. The topological polar surface area (TPSA) is 65.1 Å². The van der Waals surface area contributed by atoms with Crippen molar-refractivity contribution < 1.29 is 23.8 Å². The summed E-state index contributed by atoms with van der Waals surface area (Å²) in [5.41, 5.74) is 2.90. The predicted molar refractivity (Wildman–Crippen MR) is 117 cm³/mol. The molecule has 6 nitrogen and oxygen atoms in total. The van der Waals surface area contributed by atoms with Gasteiger partial charge in [-0.2, -0.15) is 0 Å². The van der Waals surface area contributed by atoms with Gasteiger partial charge in [-0.25, -0.2) is 4.79 Å². The quantitative estimate of drug-likeness (QED) is 0.727. The summed E-state index contributed by atoms with van der Waals surface area (Å²) >= 11 is 0. The van der Waals surface area contributed by atoms with Crippen LogP contribution in [0.4, 0.5) is 4.79 Å². The third-order valence-electron chi connectivity index (χ3n) is 6.83. The number of benzene rings is 2. The van der Waals surface area contributed by atoms with E-state index in [4.69, 9.17) is 14.2 Å². The van der Waals surface area contributed by atoms with Crippen LogP contribution in [0.3, 0.4) is 0 Å². The Hall–Kier alpha value is -3.02. The van der Waals surface area contributed by atoms with Crippen molar-refractivity contribution in [2.45, 2.75) is 38.7 Å². The number of nitrogens with zero attached hydrogens (tertiary/aromatic N) is 1. The molecular weight excluding hydrogens is 394 g/mol. The van der Waals surface area contributed by atoms with Crippen molar-refractivity contribution in [3.8, 4) is 11.5 Å². The molecule has 1 amide bonds. The molecule has 2 aromatic rings. The van der Waals surface area contributed by atoms with Crippen LogP contribution in [0.15, 0.2) is 42.5 Å². The first-order valence-electron chi connectivity index (χ1n) is 10.6. The number of ketones is 1. The van der Waals surface area contributed by atoms with Crippen LogP contribution in [0.25, 0.3) is 0 Å². The lowest BCUT2D eigenvalue weighted by molar-refractivity contribution is -0.125. The van der Waals surface area contributed by atoms with Gasteiger partial charge in [0.15, 0.2) is 11.5 Å². The molecule has 1 saturated heterocycles. The summed E-state index contributed by atoms with van der Waals surface area (Å²) in [6.45, 7) is 4.26. The standard InChI is InChI=1S/C25H29NO5/c1-16(27)25(2)15-26(24(28)30-4)14-21(25)19-9-10-22(29-3)23(13-19)31-20-11-17-7-5-6-8-18(17)12-20/h5-10,13,20-21H,11-12,14-15H2,1-4H3. The summed E-state index contributed by atoms with van der Waals surface area (Å²) in [4.78, 5) is 26.3. The third-order valence-corrected chi connectivity index (χ3v) is 6.83. The van der Waals surface area contributed by atoms with Gasteiger partial charge in [-0.3, -0.25) is 4.79 Å². The summed E-state index contributed by atoms with van der Waals surface area (Å²) in [5.74, 6) is 1.22. The molecule has 1 heterocycles. The highest BCUT2D eigenvalue weighted by Crippen LogP contribution is 2.45. The Morgan fingerprint density at radius 1 is 1.03 bits per heavy atom. The number of carbonyl (C=O) groups excluding carboxylic acids is 2. The highest BCUT2D eigenvalue weighted by molar-refractivity contribution is 5.85. The zero-order chi connectivity index (χ0) is 22.2. The van der Waals surface area contributed by atoms with E-state index < -0.39 is 11.5 Å². The number of rotatable bonds is 5. The van der Waals surface area contributed by atoms with Gasteiger partial charge in [0.2, 0.25) is 0 Å². The van der Waals surface area contributed by atoms with E-state index in [1.165, 1.54) is 18.2 Å². The van der Waals surface area contributed by atoms with E-state index in [2.05, 4.69) is 24.3 Å². The summed E-state index contributed by atoms with van der Waals surface area (Å²) in [5, 5.41) is 0. The van der Waals surface area contributed by atoms with Crippen LogP contribution in [0.1, 0.15) is 36.5 Å². The average molecular weight is 424 g/mol. The Bertz CT molecular complexity index is 978. The molecule has 1 aliphatic carbocycles. The van der Waals surface area contributed by atoms with E-state index in [-0.39, 0.29) is 17.8 Å². The van der Waals surface area contributed by atoms with E-state index in [0.29, 0.717) is 24.6 Å². The van der Waals surface area contributed by atoms with Crippen LogP contribution in [0.5, 0.6) is 11.5 Å². The van der Waals surface area contributed by atoms with Gasteiger partial charge in [0, 0.05) is 31.8 Å². The van der Waals surface area contributed by atoms with Crippen LogP contribution in [-0.4, -0.2) is 50.2 Å². The van der Waals surface area contributed by atoms with Gasteiger partial charge in [-0.15, -0.1) is 0 Å². The number of hydrogen-bond acceptors (Lipinski definition) is 5. The van der Waals surface area contributed by atoms with E-state index in [1.54, 1.807) is 18.9 Å². The SMILES string of the molecule is COC(=O)N1CC(c2ccc(OC)c(OC3Cc4ccccc4C3)c2)C(C)(C(C)=O)C1. The first-order chi connectivity index (χ1) is 14.9. The lowest BCUT2D eigenvalue weighted by Gasteiger charge is -2.28. The number of hydrogen-bond donors (Lipinski definition) is 0. The minimum atomic E-state index is -0.691. The van der Waals surface area contributed by atoms with Crippen LogP contribution in [0, 0.1) is 5.41 Å². The molecule has 2 aliphatic rings. The Labute approximate surface area is 183 Å². The number of amides is 1. The molecule has 0 radical (unpaired) electrons. The lowest BCUT2D eigenvalue weighted by atomic mass is 9.73. The maximum atomic E-state index is 12.6. The fourth-order valence-electron chi connectivity index (χ4n) is 4.87. The number of fused-ring (bicyclic) bond motifs is 1. The van der Waals surface area contributed by atoms with Gasteiger partial charge < -0.3 is 19.1 Å². The molecule has 4 rings (SSSR count). The fraction of sp³-hybridized carbons (Fsp3) is 0.440. The molecule has 0 N–H and O–H groups in total. The van der Waals surface area contributed by atoms with Crippen molar-refractivity contribution in [2.75, 3.05) is 27.3 Å². The smallest absolute Gasteiger partial charge is 0.409 e. The van der Waals surface area contributed by atoms with Crippen LogP contribution >= 0.6 is 0 Å². The number of Topliss-reactive ketones (excluding diaryl/α,β-unsaturated/α-hetero) is 1. The zero-order valence-corrected chi connectivity index (χ0v) is 18.5. The lowest BCUT2D eigenvalue weighted by Crippen LogP contribution is -2.35. The molecule has 1 fully saturated rings. The van der Waals surface area contributed by atoms with Gasteiger partial charge in [0.25, 0.3) is 0 Å². The number of methoxy groups -OCH3 is 2. The zero-order valence-electron chi connectivity index (χ0n) is 18.5. The Kier molecular flexibility index (Phi) is 5.65.